The van der Waals surface area contributed by atoms with Gasteiger partial charge >= 0.3 is 0 Å². The number of ketones is 1. The third kappa shape index (κ3) is 3.29. The molecule has 0 bridgehead atoms. The molecular formula is C26H20ClN3O2S. The first-order valence-corrected chi connectivity index (χ1v) is 12.1. The molecule has 0 saturated heterocycles. The van der Waals surface area contributed by atoms with E-state index in [2.05, 4.69) is 16.5 Å². The van der Waals surface area contributed by atoms with E-state index in [9.17, 15) is 9.59 Å². The minimum absolute atomic E-state index is 0.0598. The Morgan fingerprint density at radius 3 is 2.48 bits per heavy atom. The number of anilines is 1. The summed E-state index contributed by atoms with van der Waals surface area (Å²) in [6.45, 7) is 0. The lowest BCUT2D eigenvalue weighted by molar-refractivity contribution is -0.116. The Bertz CT molecular complexity index is 1450. The van der Waals surface area contributed by atoms with Crippen LogP contribution in [-0.4, -0.2) is 15.6 Å². The number of hydrogen-bond acceptors (Lipinski definition) is 4. The van der Waals surface area contributed by atoms with Crippen molar-refractivity contribution in [2.75, 3.05) is 5.32 Å². The van der Waals surface area contributed by atoms with Crippen molar-refractivity contribution >= 4 is 34.5 Å². The Hall–Kier alpha value is -3.35. The highest BCUT2D eigenvalue weighted by atomic mass is 35.5. The van der Waals surface area contributed by atoms with Gasteiger partial charge in [-0.1, -0.05) is 54.1 Å². The topological polar surface area (TPSA) is 66.9 Å². The highest BCUT2D eigenvalue weighted by Crippen LogP contribution is 2.48. The number of aromatic nitrogens is 2. The van der Waals surface area contributed by atoms with Crippen LogP contribution < -0.4 is 10.9 Å². The molecule has 0 radical (unpaired) electrons. The molecule has 0 saturated carbocycles. The first-order chi connectivity index (χ1) is 16.1. The van der Waals surface area contributed by atoms with E-state index in [1.807, 2.05) is 66.0 Å². The molecule has 0 fully saturated rings. The number of nitrogens with one attached hydrogen (secondary N) is 2. The molecule has 6 rings (SSSR count). The molecule has 2 aliphatic rings. The fourth-order valence-electron chi connectivity index (χ4n) is 5.00. The van der Waals surface area contributed by atoms with Crippen LogP contribution in [0.3, 0.4) is 0 Å². The average molecular weight is 474 g/mol. The van der Waals surface area contributed by atoms with Crippen LogP contribution in [-0.2, 0) is 4.79 Å². The lowest BCUT2D eigenvalue weighted by Crippen LogP contribution is -2.32. The van der Waals surface area contributed by atoms with E-state index in [1.54, 1.807) is 11.3 Å². The van der Waals surface area contributed by atoms with Crippen LogP contribution in [0.25, 0.3) is 5.69 Å². The quantitative estimate of drug-likeness (QED) is 0.393. The predicted octanol–water partition coefficient (Wildman–Crippen LogP) is 5.84. The number of thiophene rings is 1. The van der Waals surface area contributed by atoms with E-state index in [0.29, 0.717) is 34.8 Å². The van der Waals surface area contributed by atoms with Crippen molar-refractivity contribution < 1.29 is 4.79 Å². The summed E-state index contributed by atoms with van der Waals surface area (Å²) < 4.78 is 1.53. The number of nitrogens with zero attached hydrogens (tertiary/aromatic N) is 1. The van der Waals surface area contributed by atoms with Gasteiger partial charge < -0.3 is 5.32 Å². The number of fused-ring (bicyclic) bond motifs is 1. The van der Waals surface area contributed by atoms with Gasteiger partial charge in [0.25, 0.3) is 5.56 Å². The molecule has 0 spiro atoms. The summed E-state index contributed by atoms with van der Waals surface area (Å²) in [6, 6.07) is 21.0. The van der Waals surface area contributed by atoms with Crippen LogP contribution in [0.4, 0.5) is 5.82 Å². The summed E-state index contributed by atoms with van der Waals surface area (Å²) in [5, 5.41) is 9.24. The summed E-state index contributed by atoms with van der Waals surface area (Å²) in [6.07, 6.45) is 1.13. The van der Waals surface area contributed by atoms with Crippen molar-refractivity contribution in [2.24, 2.45) is 0 Å². The van der Waals surface area contributed by atoms with Gasteiger partial charge in [-0.05, 0) is 41.6 Å². The predicted molar refractivity (Wildman–Crippen MR) is 132 cm³/mol. The van der Waals surface area contributed by atoms with E-state index in [0.717, 1.165) is 16.9 Å². The molecule has 33 heavy (non-hydrogen) atoms. The SMILES string of the molecule is O=C1C[C@H](c2cccs2)CC2=C1[C@@H](c1ccccc1Cl)c1c([nH]n(-c3ccccc3)c1=O)N2. The molecule has 164 valence electrons. The summed E-state index contributed by atoms with van der Waals surface area (Å²) >= 11 is 8.29. The van der Waals surface area contributed by atoms with Crippen LogP contribution >= 0.6 is 22.9 Å². The molecule has 7 heteroatoms. The molecule has 2 aromatic carbocycles. The van der Waals surface area contributed by atoms with Gasteiger partial charge in [-0.15, -0.1) is 11.3 Å². The maximum atomic E-state index is 13.7. The van der Waals surface area contributed by atoms with Gasteiger partial charge in [0.15, 0.2) is 5.78 Å². The highest BCUT2D eigenvalue weighted by Gasteiger charge is 2.41. The monoisotopic (exact) mass is 473 g/mol. The van der Waals surface area contributed by atoms with Crippen molar-refractivity contribution in [1.29, 1.82) is 0 Å². The molecule has 3 heterocycles. The van der Waals surface area contributed by atoms with Gasteiger partial charge in [0.1, 0.15) is 5.82 Å². The second kappa shape index (κ2) is 7.90. The van der Waals surface area contributed by atoms with Crippen molar-refractivity contribution in [2.45, 2.75) is 24.7 Å². The fraction of sp³-hybridized carbons (Fsp3) is 0.154. The van der Waals surface area contributed by atoms with Crippen LogP contribution in [0.15, 0.2) is 88.2 Å². The first kappa shape index (κ1) is 20.3. The number of aromatic amines is 1. The third-order valence-corrected chi connectivity index (χ3v) is 7.84. The van der Waals surface area contributed by atoms with E-state index in [-0.39, 0.29) is 17.3 Å². The largest absolute Gasteiger partial charge is 0.343 e. The molecular weight excluding hydrogens is 454 g/mol. The van der Waals surface area contributed by atoms with Crippen LogP contribution in [0.1, 0.15) is 40.7 Å². The Morgan fingerprint density at radius 1 is 0.939 bits per heavy atom. The highest BCUT2D eigenvalue weighted by molar-refractivity contribution is 7.10. The van der Waals surface area contributed by atoms with Crippen molar-refractivity contribution in [3.63, 3.8) is 0 Å². The molecule has 2 atom stereocenters. The van der Waals surface area contributed by atoms with E-state index in [1.165, 1.54) is 9.56 Å². The minimum atomic E-state index is -0.518. The van der Waals surface area contributed by atoms with Gasteiger partial charge in [0.05, 0.1) is 11.3 Å². The Labute approximate surface area is 199 Å². The molecule has 4 aromatic rings. The summed E-state index contributed by atoms with van der Waals surface area (Å²) in [5.41, 5.74) is 3.36. The number of hydrogen-bond donors (Lipinski definition) is 2. The average Bonchev–Trinajstić information content (AvgIpc) is 3.47. The number of allylic oxidation sites excluding steroid dienone is 2. The van der Waals surface area contributed by atoms with Gasteiger partial charge in [0, 0.05) is 39.4 Å². The van der Waals surface area contributed by atoms with Gasteiger partial charge in [-0.3, -0.25) is 14.7 Å². The number of H-pyrrole nitrogens is 1. The minimum Gasteiger partial charge on any atom is -0.343 e. The lowest BCUT2D eigenvalue weighted by Gasteiger charge is -2.34. The molecule has 5 nitrogen and oxygen atoms in total. The standard InChI is InChI=1S/C26H20ClN3O2S/c27-18-10-5-4-9-17(18)22-23-19(13-15(14-20(23)31)21-11-6-12-33-21)28-25-24(22)26(32)30(29-25)16-7-2-1-3-8-16/h1-12,15,22,28-29H,13-14H2/t15-,22-/m1/s1. The number of Topliss-reactive ketones (excluding diaryl/α,β-unsaturated/α-hetero) is 1. The van der Waals surface area contributed by atoms with Gasteiger partial charge in [-0.2, -0.15) is 0 Å². The van der Waals surface area contributed by atoms with E-state index in [4.69, 9.17) is 11.6 Å². The summed E-state index contributed by atoms with van der Waals surface area (Å²) in [5.74, 6) is 0.285. The molecule has 0 amide bonds. The Morgan fingerprint density at radius 2 is 1.73 bits per heavy atom. The summed E-state index contributed by atoms with van der Waals surface area (Å²) in [7, 11) is 0. The zero-order chi connectivity index (χ0) is 22.5. The van der Waals surface area contributed by atoms with Crippen LogP contribution in [0, 0.1) is 0 Å². The molecule has 2 N–H and O–H groups in total. The number of benzene rings is 2. The summed E-state index contributed by atoms with van der Waals surface area (Å²) in [4.78, 5) is 28.4. The van der Waals surface area contributed by atoms with Gasteiger partial charge in [-0.25, -0.2) is 4.68 Å². The second-order valence-corrected chi connectivity index (χ2v) is 9.78. The number of carbonyl (C=O) groups excluding carboxylic acids is 1. The number of halogens is 1. The smallest absolute Gasteiger partial charge is 0.277 e. The van der Waals surface area contributed by atoms with Crippen molar-refractivity contribution in [1.82, 2.24) is 9.78 Å². The zero-order valence-electron chi connectivity index (χ0n) is 17.5. The van der Waals surface area contributed by atoms with E-state index < -0.39 is 5.92 Å². The first-order valence-electron chi connectivity index (χ1n) is 10.8. The maximum absolute atomic E-state index is 13.7. The fourth-order valence-corrected chi connectivity index (χ4v) is 6.07. The third-order valence-electron chi connectivity index (χ3n) is 6.46. The Kier molecular flexibility index (Phi) is 4.85. The molecule has 2 aromatic heterocycles. The van der Waals surface area contributed by atoms with E-state index >= 15 is 0 Å². The zero-order valence-corrected chi connectivity index (χ0v) is 19.1. The van der Waals surface area contributed by atoms with Crippen molar-refractivity contribution in [3.05, 3.63) is 115 Å². The molecule has 0 unspecified atom stereocenters. The number of para-hydroxylation sites is 1. The Balaban J connectivity index is 1.55. The number of carbonyl (C=O) groups is 1. The molecule has 1 aliphatic heterocycles. The second-order valence-electron chi connectivity index (χ2n) is 8.39. The molecule has 1 aliphatic carbocycles. The maximum Gasteiger partial charge on any atom is 0.277 e. The van der Waals surface area contributed by atoms with Gasteiger partial charge in [0.2, 0.25) is 0 Å². The van der Waals surface area contributed by atoms with Crippen LogP contribution in [0.5, 0.6) is 0 Å². The van der Waals surface area contributed by atoms with Crippen molar-refractivity contribution in [3.8, 4) is 5.69 Å². The number of rotatable bonds is 3. The van der Waals surface area contributed by atoms with Crippen LogP contribution in [0.2, 0.25) is 5.02 Å². The normalized spacial score (nSPS) is 19.7. The lowest BCUT2D eigenvalue weighted by atomic mass is 9.74.